The summed E-state index contributed by atoms with van der Waals surface area (Å²) in [5.74, 6) is -0.162. The van der Waals surface area contributed by atoms with Gasteiger partial charge in [0.2, 0.25) is 11.8 Å². The van der Waals surface area contributed by atoms with Crippen molar-refractivity contribution in [2.45, 2.75) is 38.8 Å². The van der Waals surface area contributed by atoms with E-state index in [0.717, 1.165) is 12.8 Å². The molecule has 7 heteroatoms. The maximum absolute atomic E-state index is 12.4. The number of hydrogen-bond acceptors (Lipinski definition) is 4. The van der Waals surface area contributed by atoms with Gasteiger partial charge in [-0.25, -0.2) is 0 Å². The first-order valence-corrected chi connectivity index (χ1v) is 6.90. The minimum Gasteiger partial charge on any atom is -0.383 e. The highest BCUT2D eigenvalue weighted by Gasteiger charge is 2.37. The number of ether oxygens (including phenoxy) is 1. The van der Waals surface area contributed by atoms with E-state index in [9.17, 15) is 9.59 Å². The molecule has 20 heavy (non-hydrogen) atoms. The average molecular weight is 308 g/mol. The van der Waals surface area contributed by atoms with Crippen molar-refractivity contribution in [3.63, 3.8) is 0 Å². The molecule has 0 aromatic heterocycles. The molecule has 118 valence electrons. The van der Waals surface area contributed by atoms with E-state index in [0.29, 0.717) is 19.6 Å². The van der Waals surface area contributed by atoms with E-state index < -0.39 is 6.04 Å². The van der Waals surface area contributed by atoms with Crippen LogP contribution in [0.3, 0.4) is 0 Å². The summed E-state index contributed by atoms with van der Waals surface area (Å²) >= 11 is 0. The van der Waals surface area contributed by atoms with Crippen LogP contribution in [0.25, 0.3) is 0 Å². The van der Waals surface area contributed by atoms with E-state index >= 15 is 0 Å². The average Bonchev–Trinajstić information content (AvgIpc) is 2.88. The van der Waals surface area contributed by atoms with Gasteiger partial charge in [0, 0.05) is 26.7 Å². The van der Waals surface area contributed by atoms with Gasteiger partial charge < -0.3 is 20.3 Å². The Kier molecular flexibility index (Phi) is 8.76. The van der Waals surface area contributed by atoms with Gasteiger partial charge in [0.1, 0.15) is 12.1 Å². The molecule has 1 fully saturated rings. The quantitative estimate of drug-likeness (QED) is 0.763. The molecule has 1 heterocycles. The molecule has 1 rings (SSSR count). The Morgan fingerprint density at radius 2 is 2.00 bits per heavy atom. The van der Waals surface area contributed by atoms with Gasteiger partial charge in [0.25, 0.3) is 0 Å². The minimum atomic E-state index is -0.685. The van der Waals surface area contributed by atoms with E-state index in [1.165, 1.54) is 7.11 Å². The van der Waals surface area contributed by atoms with Crippen molar-refractivity contribution in [1.29, 1.82) is 0 Å². The molecule has 1 saturated heterocycles. The number of likely N-dealkylation sites (tertiary alicyclic amines) is 1. The number of nitrogens with two attached hydrogens (primary N) is 1. The maximum atomic E-state index is 12.4. The van der Waals surface area contributed by atoms with E-state index in [1.54, 1.807) is 9.80 Å². The fourth-order valence-electron chi connectivity index (χ4n) is 2.50. The molecule has 1 aliphatic rings. The second kappa shape index (κ2) is 9.15. The third kappa shape index (κ3) is 4.33. The van der Waals surface area contributed by atoms with Crippen LogP contribution in [0.2, 0.25) is 0 Å². The number of carbonyl (C=O) groups excluding carboxylic acids is 2. The summed E-state index contributed by atoms with van der Waals surface area (Å²) in [6.45, 7) is 6.00. The van der Waals surface area contributed by atoms with Crippen molar-refractivity contribution in [3.8, 4) is 0 Å². The van der Waals surface area contributed by atoms with Crippen LogP contribution in [0.4, 0.5) is 0 Å². The summed E-state index contributed by atoms with van der Waals surface area (Å²) in [6, 6.07) is -1.04. The van der Waals surface area contributed by atoms with Gasteiger partial charge in [0.15, 0.2) is 0 Å². The van der Waals surface area contributed by atoms with E-state index in [1.807, 2.05) is 13.8 Å². The first-order valence-electron chi connectivity index (χ1n) is 6.90. The van der Waals surface area contributed by atoms with Crippen LogP contribution in [0.5, 0.6) is 0 Å². The van der Waals surface area contributed by atoms with Gasteiger partial charge >= 0.3 is 0 Å². The molecular formula is C13H26ClN3O3. The molecule has 2 amide bonds. The highest BCUT2D eigenvalue weighted by Crippen LogP contribution is 2.20. The normalized spacial score (nSPS) is 19.4. The summed E-state index contributed by atoms with van der Waals surface area (Å²) in [4.78, 5) is 27.9. The molecule has 0 aliphatic carbocycles. The van der Waals surface area contributed by atoms with Crippen molar-refractivity contribution in [1.82, 2.24) is 9.80 Å². The predicted molar refractivity (Wildman–Crippen MR) is 79.8 cm³/mol. The zero-order valence-electron chi connectivity index (χ0n) is 12.5. The van der Waals surface area contributed by atoms with E-state index in [4.69, 9.17) is 10.5 Å². The monoisotopic (exact) mass is 307 g/mol. The maximum Gasteiger partial charge on any atom is 0.245 e. The first-order chi connectivity index (χ1) is 9.06. The molecule has 0 radical (unpaired) electrons. The van der Waals surface area contributed by atoms with Gasteiger partial charge in [0.05, 0.1) is 6.61 Å². The molecule has 0 saturated carbocycles. The Balaban J connectivity index is 0.00000361. The molecule has 2 N–H and O–H groups in total. The van der Waals surface area contributed by atoms with Crippen LogP contribution in [0, 0.1) is 0 Å². The lowest BCUT2D eigenvalue weighted by molar-refractivity contribution is -0.144. The third-order valence-electron chi connectivity index (χ3n) is 3.56. The molecule has 0 aromatic rings. The van der Waals surface area contributed by atoms with Crippen LogP contribution in [0.1, 0.15) is 26.7 Å². The number of halogens is 1. The smallest absolute Gasteiger partial charge is 0.245 e. The van der Waals surface area contributed by atoms with Crippen LogP contribution >= 0.6 is 12.4 Å². The minimum absolute atomic E-state index is 0. The number of likely N-dealkylation sites (N-methyl/N-ethyl adjacent to an activating group) is 1. The molecule has 0 aromatic carbocycles. The first kappa shape index (κ1) is 19.1. The lowest BCUT2D eigenvalue weighted by atomic mass is 10.1. The van der Waals surface area contributed by atoms with Crippen molar-refractivity contribution >= 4 is 24.2 Å². The number of carbonyl (C=O) groups is 2. The van der Waals surface area contributed by atoms with Gasteiger partial charge in [-0.05, 0) is 26.7 Å². The topological polar surface area (TPSA) is 75.9 Å². The third-order valence-corrected chi connectivity index (χ3v) is 3.56. The van der Waals surface area contributed by atoms with Gasteiger partial charge in [-0.2, -0.15) is 0 Å². The van der Waals surface area contributed by atoms with Gasteiger partial charge in [-0.3, -0.25) is 9.59 Å². The summed E-state index contributed by atoms with van der Waals surface area (Å²) in [6.07, 6.45) is 1.57. The number of amides is 2. The number of nitrogens with zero attached hydrogens (tertiary/aromatic N) is 2. The lowest BCUT2D eigenvalue weighted by Gasteiger charge is -2.30. The summed E-state index contributed by atoms with van der Waals surface area (Å²) < 4.78 is 4.90. The Bertz CT molecular complexity index is 324. The van der Waals surface area contributed by atoms with E-state index in [2.05, 4.69) is 0 Å². The number of rotatable bonds is 6. The fourth-order valence-corrected chi connectivity index (χ4v) is 2.50. The second-order valence-electron chi connectivity index (χ2n) is 4.76. The van der Waals surface area contributed by atoms with Crippen LogP contribution in [-0.2, 0) is 14.3 Å². The largest absolute Gasteiger partial charge is 0.383 e. The molecular weight excluding hydrogens is 282 g/mol. The fraction of sp³-hybridized carbons (Fsp3) is 0.846. The Morgan fingerprint density at radius 3 is 2.50 bits per heavy atom. The summed E-state index contributed by atoms with van der Waals surface area (Å²) in [5.41, 5.74) is 5.77. The molecule has 2 atom stereocenters. The van der Waals surface area contributed by atoms with Crippen LogP contribution in [0.15, 0.2) is 0 Å². The van der Waals surface area contributed by atoms with Crippen molar-refractivity contribution in [2.24, 2.45) is 5.73 Å². The number of hydrogen-bond donors (Lipinski definition) is 1. The molecule has 6 nitrogen and oxygen atoms in total. The zero-order chi connectivity index (χ0) is 14.4. The lowest BCUT2D eigenvalue weighted by Crippen LogP contribution is -2.53. The SMILES string of the molecule is CCN(CC)C(=O)C1CCCN1C(=O)C(N)COC.Cl. The standard InChI is InChI=1S/C13H25N3O3.ClH/c1-4-15(5-2)13(18)11-7-6-8-16(11)12(17)10(14)9-19-3;/h10-11H,4-9,14H2,1-3H3;1H. The second-order valence-corrected chi connectivity index (χ2v) is 4.76. The van der Waals surface area contributed by atoms with E-state index in [-0.39, 0.29) is 36.9 Å². The Hall–Kier alpha value is -0.850. The summed E-state index contributed by atoms with van der Waals surface area (Å²) in [7, 11) is 1.51. The summed E-state index contributed by atoms with van der Waals surface area (Å²) in [5, 5.41) is 0. The van der Waals surface area contributed by atoms with Crippen molar-refractivity contribution in [3.05, 3.63) is 0 Å². The highest BCUT2D eigenvalue weighted by atomic mass is 35.5. The molecule has 0 spiro atoms. The highest BCUT2D eigenvalue weighted by molar-refractivity contribution is 5.90. The van der Waals surface area contributed by atoms with Crippen LogP contribution in [-0.4, -0.2) is 67.0 Å². The van der Waals surface area contributed by atoms with Crippen LogP contribution < -0.4 is 5.73 Å². The van der Waals surface area contributed by atoms with Gasteiger partial charge in [-0.1, -0.05) is 0 Å². The van der Waals surface area contributed by atoms with Gasteiger partial charge in [-0.15, -0.1) is 12.4 Å². The Labute approximate surface area is 127 Å². The predicted octanol–water partition coefficient (Wildman–Crippen LogP) is 0.241. The van der Waals surface area contributed by atoms with Crippen molar-refractivity contribution in [2.75, 3.05) is 33.4 Å². The number of methoxy groups -OCH3 is 1. The molecule has 0 bridgehead atoms. The van der Waals surface area contributed by atoms with Crippen molar-refractivity contribution < 1.29 is 14.3 Å². The molecule has 2 unspecified atom stereocenters. The zero-order valence-corrected chi connectivity index (χ0v) is 13.3. The Morgan fingerprint density at radius 1 is 1.40 bits per heavy atom. The molecule has 1 aliphatic heterocycles.